The van der Waals surface area contributed by atoms with Crippen molar-refractivity contribution < 1.29 is 28.9 Å². The molecule has 0 heterocycles. The zero-order chi connectivity index (χ0) is 20.1. The van der Waals surface area contributed by atoms with Gasteiger partial charge in [0.2, 0.25) is 0 Å². The van der Waals surface area contributed by atoms with Crippen molar-refractivity contribution in [2.75, 3.05) is 26.1 Å². The van der Waals surface area contributed by atoms with Gasteiger partial charge in [0, 0.05) is 11.5 Å². The van der Waals surface area contributed by atoms with E-state index in [4.69, 9.17) is 14.2 Å². The molecule has 144 valence electrons. The lowest BCUT2D eigenvalue weighted by Crippen LogP contribution is -2.21. The molecule has 2 N–H and O–H groups in total. The predicted molar refractivity (Wildman–Crippen MR) is 104 cm³/mol. The van der Waals surface area contributed by atoms with Crippen LogP contribution in [-0.4, -0.2) is 37.8 Å². The van der Waals surface area contributed by atoms with Crippen LogP contribution in [0, 0.1) is 0 Å². The van der Waals surface area contributed by atoms with E-state index in [0.717, 1.165) is 5.39 Å². The average Bonchev–Trinajstić information content (AvgIpc) is 2.72. The molecule has 3 aromatic rings. The van der Waals surface area contributed by atoms with Gasteiger partial charge in [-0.1, -0.05) is 30.3 Å². The third kappa shape index (κ3) is 3.98. The summed E-state index contributed by atoms with van der Waals surface area (Å²) >= 11 is 0. The summed E-state index contributed by atoms with van der Waals surface area (Å²) in [4.78, 5) is 24.4. The summed E-state index contributed by atoms with van der Waals surface area (Å²) in [5.74, 6) is -0.531. The largest absolute Gasteiger partial charge is 0.506 e. The first kappa shape index (κ1) is 19.0. The Kier molecular flexibility index (Phi) is 5.64. The molecule has 1 amide bonds. The number of nitrogens with one attached hydrogen (secondary N) is 1. The summed E-state index contributed by atoms with van der Waals surface area (Å²) in [6, 6.07) is 15.2. The number of carbonyl (C=O) groups is 2. The highest BCUT2D eigenvalue weighted by Gasteiger charge is 2.17. The van der Waals surface area contributed by atoms with Gasteiger partial charge in [-0.3, -0.25) is 4.79 Å². The van der Waals surface area contributed by atoms with Crippen molar-refractivity contribution in [3.05, 3.63) is 60.2 Å². The fraction of sp³-hybridized carbons (Fsp3) is 0.143. The molecule has 0 spiro atoms. The number of rotatable bonds is 6. The number of amides is 1. The van der Waals surface area contributed by atoms with Crippen LogP contribution in [0.4, 0.5) is 5.69 Å². The average molecular weight is 381 g/mol. The van der Waals surface area contributed by atoms with E-state index in [1.807, 2.05) is 12.1 Å². The number of ether oxygens (including phenoxy) is 3. The van der Waals surface area contributed by atoms with E-state index in [2.05, 4.69) is 5.32 Å². The van der Waals surface area contributed by atoms with E-state index in [0.29, 0.717) is 22.6 Å². The minimum atomic E-state index is -0.792. The number of phenols is 1. The molecule has 0 aromatic heterocycles. The lowest BCUT2D eigenvalue weighted by atomic mass is 10.1. The molecule has 0 saturated carbocycles. The number of phenolic OH excluding ortho intramolecular Hbond substituents is 1. The first-order chi connectivity index (χ1) is 13.5. The zero-order valence-electron chi connectivity index (χ0n) is 15.4. The minimum absolute atomic E-state index is 0.00599. The van der Waals surface area contributed by atoms with Crippen LogP contribution in [0.25, 0.3) is 10.8 Å². The highest BCUT2D eigenvalue weighted by molar-refractivity contribution is 6.02. The van der Waals surface area contributed by atoms with Crippen molar-refractivity contribution >= 4 is 28.3 Å². The van der Waals surface area contributed by atoms with Crippen LogP contribution >= 0.6 is 0 Å². The number of anilines is 1. The lowest BCUT2D eigenvalue weighted by molar-refractivity contribution is -0.119. The maximum absolute atomic E-state index is 12.3. The Morgan fingerprint density at radius 2 is 1.79 bits per heavy atom. The number of hydrogen-bond acceptors (Lipinski definition) is 6. The van der Waals surface area contributed by atoms with Gasteiger partial charge in [0.15, 0.2) is 6.61 Å². The van der Waals surface area contributed by atoms with Crippen LogP contribution in [0.1, 0.15) is 10.4 Å². The summed E-state index contributed by atoms with van der Waals surface area (Å²) in [7, 11) is 2.99. The van der Waals surface area contributed by atoms with E-state index in [1.165, 1.54) is 20.3 Å². The standard InChI is InChI=1S/C21H19NO6/c1-26-14-8-10-17(18(11-14)27-2)22-19(23)12-28-21(25)16-9-7-13-5-3-4-6-15(13)20(16)24/h3-11,24H,12H2,1-2H3,(H,22,23). The fourth-order valence-corrected chi connectivity index (χ4v) is 2.72. The van der Waals surface area contributed by atoms with Gasteiger partial charge in [-0.25, -0.2) is 4.79 Å². The maximum atomic E-state index is 12.3. The monoisotopic (exact) mass is 381 g/mol. The molecule has 0 bridgehead atoms. The summed E-state index contributed by atoms with van der Waals surface area (Å²) < 4.78 is 15.3. The predicted octanol–water partition coefficient (Wildman–Crippen LogP) is 3.36. The number of benzene rings is 3. The lowest BCUT2D eigenvalue weighted by Gasteiger charge is -2.12. The molecule has 0 radical (unpaired) electrons. The molecule has 3 rings (SSSR count). The van der Waals surface area contributed by atoms with E-state index < -0.39 is 18.5 Å². The van der Waals surface area contributed by atoms with Gasteiger partial charge >= 0.3 is 5.97 Å². The van der Waals surface area contributed by atoms with Gasteiger partial charge < -0.3 is 24.6 Å². The van der Waals surface area contributed by atoms with Gasteiger partial charge in [-0.05, 0) is 23.6 Å². The highest BCUT2D eigenvalue weighted by atomic mass is 16.5. The van der Waals surface area contributed by atoms with Crippen molar-refractivity contribution in [1.29, 1.82) is 0 Å². The number of methoxy groups -OCH3 is 2. The van der Waals surface area contributed by atoms with E-state index in [1.54, 1.807) is 36.4 Å². The van der Waals surface area contributed by atoms with Gasteiger partial charge in [0.05, 0.1) is 19.9 Å². The number of esters is 1. The number of carbonyl (C=O) groups excluding carboxylic acids is 2. The quantitative estimate of drug-likeness (QED) is 0.636. The van der Waals surface area contributed by atoms with Crippen molar-refractivity contribution in [2.24, 2.45) is 0 Å². The van der Waals surface area contributed by atoms with Crippen LogP contribution in [0.3, 0.4) is 0 Å². The van der Waals surface area contributed by atoms with Crippen LogP contribution in [0.15, 0.2) is 54.6 Å². The molecule has 7 nitrogen and oxygen atoms in total. The van der Waals surface area contributed by atoms with Crippen LogP contribution in [0.5, 0.6) is 17.2 Å². The molecule has 0 saturated heterocycles. The molecular weight excluding hydrogens is 362 g/mol. The third-order valence-corrected chi connectivity index (χ3v) is 4.14. The second-order valence-corrected chi connectivity index (χ2v) is 5.87. The van der Waals surface area contributed by atoms with Gasteiger partial charge in [-0.2, -0.15) is 0 Å². The zero-order valence-corrected chi connectivity index (χ0v) is 15.4. The Morgan fingerprint density at radius 3 is 2.54 bits per heavy atom. The minimum Gasteiger partial charge on any atom is -0.506 e. The summed E-state index contributed by atoms with van der Waals surface area (Å²) in [6.07, 6.45) is 0. The number of aromatic hydroxyl groups is 1. The molecular formula is C21H19NO6. The molecule has 0 aliphatic carbocycles. The smallest absolute Gasteiger partial charge is 0.342 e. The second kappa shape index (κ2) is 8.30. The molecule has 0 aliphatic rings. The Hall–Kier alpha value is -3.74. The van der Waals surface area contributed by atoms with Gasteiger partial charge in [-0.15, -0.1) is 0 Å². The Bertz CT molecular complexity index is 1030. The van der Waals surface area contributed by atoms with Crippen molar-refractivity contribution in [1.82, 2.24) is 0 Å². The second-order valence-electron chi connectivity index (χ2n) is 5.87. The summed E-state index contributed by atoms with van der Waals surface area (Å²) in [5, 5.41) is 14.2. The first-order valence-electron chi connectivity index (χ1n) is 8.43. The molecule has 0 atom stereocenters. The summed E-state index contributed by atoms with van der Waals surface area (Å²) in [5.41, 5.74) is 0.409. The molecule has 0 fully saturated rings. The molecule has 0 aliphatic heterocycles. The molecule has 3 aromatic carbocycles. The first-order valence-corrected chi connectivity index (χ1v) is 8.43. The number of fused-ring (bicyclic) bond motifs is 1. The van der Waals surface area contributed by atoms with Crippen LogP contribution in [0.2, 0.25) is 0 Å². The summed E-state index contributed by atoms with van der Waals surface area (Å²) in [6.45, 7) is -0.514. The van der Waals surface area contributed by atoms with Gasteiger partial charge in [0.25, 0.3) is 5.91 Å². The van der Waals surface area contributed by atoms with Crippen molar-refractivity contribution in [3.63, 3.8) is 0 Å². The molecule has 0 unspecified atom stereocenters. The third-order valence-electron chi connectivity index (χ3n) is 4.14. The number of hydrogen-bond donors (Lipinski definition) is 2. The van der Waals surface area contributed by atoms with E-state index in [-0.39, 0.29) is 11.3 Å². The maximum Gasteiger partial charge on any atom is 0.342 e. The van der Waals surface area contributed by atoms with Crippen molar-refractivity contribution in [2.45, 2.75) is 0 Å². The normalized spacial score (nSPS) is 10.4. The van der Waals surface area contributed by atoms with Crippen molar-refractivity contribution in [3.8, 4) is 17.2 Å². The highest BCUT2D eigenvalue weighted by Crippen LogP contribution is 2.30. The topological polar surface area (TPSA) is 94.1 Å². The van der Waals surface area contributed by atoms with Gasteiger partial charge in [0.1, 0.15) is 22.8 Å². The SMILES string of the molecule is COc1ccc(NC(=O)COC(=O)c2ccc3ccccc3c2O)c(OC)c1. The van der Waals surface area contributed by atoms with Crippen LogP contribution < -0.4 is 14.8 Å². The Labute approximate surface area is 161 Å². The fourth-order valence-electron chi connectivity index (χ4n) is 2.72. The Morgan fingerprint density at radius 1 is 1.00 bits per heavy atom. The Balaban J connectivity index is 1.66. The van der Waals surface area contributed by atoms with E-state index >= 15 is 0 Å². The molecule has 28 heavy (non-hydrogen) atoms. The van der Waals surface area contributed by atoms with Crippen LogP contribution in [-0.2, 0) is 9.53 Å². The van der Waals surface area contributed by atoms with E-state index in [9.17, 15) is 14.7 Å². The molecule has 7 heteroatoms.